The summed E-state index contributed by atoms with van der Waals surface area (Å²) >= 11 is 0. The van der Waals surface area contributed by atoms with Crippen molar-refractivity contribution in [3.63, 3.8) is 0 Å². The summed E-state index contributed by atoms with van der Waals surface area (Å²) in [7, 11) is -2.10. The van der Waals surface area contributed by atoms with E-state index in [2.05, 4.69) is 0 Å². The van der Waals surface area contributed by atoms with Gasteiger partial charge in [-0.05, 0) is 18.9 Å². The predicted molar refractivity (Wildman–Crippen MR) is 80.9 cm³/mol. The van der Waals surface area contributed by atoms with E-state index < -0.39 is 32.9 Å². The van der Waals surface area contributed by atoms with Crippen molar-refractivity contribution in [3.05, 3.63) is 35.4 Å². The topological polar surface area (TPSA) is 49.9 Å². The molecule has 2 atom stereocenters. The lowest BCUT2D eigenvalue weighted by Gasteiger charge is -2.31. The lowest BCUT2D eigenvalue weighted by Crippen LogP contribution is -2.44. The number of piperidine rings is 1. The molecule has 8 heteroatoms. The molecule has 0 spiro atoms. The monoisotopic (exact) mass is 346 g/mol. The minimum Gasteiger partial charge on any atom is -0.297 e. The van der Waals surface area contributed by atoms with Crippen molar-refractivity contribution in [1.82, 2.24) is 9.37 Å². The Morgan fingerprint density at radius 3 is 2.57 bits per heavy atom. The van der Waals surface area contributed by atoms with Gasteiger partial charge in [0.25, 0.3) is 0 Å². The number of halogens is 2. The van der Waals surface area contributed by atoms with Gasteiger partial charge in [0.1, 0.15) is 5.25 Å². The molecule has 128 valence electrons. The molecule has 0 bridgehead atoms. The molecule has 0 saturated carbocycles. The molecule has 2 heterocycles. The van der Waals surface area contributed by atoms with Gasteiger partial charge in [-0.15, -0.1) is 0 Å². The molecule has 2 fully saturated rings. The fourth-order valence-electron chi connectivity index (χ4n) is 3.30. The van der Waals surface area contributed by atoms with Crippen LogP contribution in [0.1, 0.15) is 30.9 Å². The normalized spacial score (nSPS) is 27.4. The molecular formula is C15H20F2N2O3S. The molecule has 0 N–H and O–H groups in total. The highest BCUT2D eigenvalue weighted by Crippen LogP contribution is 2.37. The lowest BCUT2D eigenvalue weighted by molar-refractivity contribution is -0.111. The third kappa shape index (κ3) is 3.00. The smallest absolute Gasteiger partial charge is 0.221 e. The van der Waals surface area contributed by atoms with Crippen LogP contribution in [0.2, 0.25) is 0 Å². The number of rotatable bonds is 3. The van der Waals surface area contributed by atoms with E-state index in [1.165, 1.54) is 21.5 Å². The first-order chi connectivity index (χ1) is 10.9. The average molecular weight is 346 g/mol. The average Bonchev–Trinajstić information content (AvgIpc) is 2.93. The summed E-state index contributed by atoms with van der Waals surface area (Å²) in [5.41, 5.74) is 0.00980. The van der Waals surface area contributed by atoms with E-state index in [-0.39, 0.29) is 12.2 Å². The second kappa shape index (κ2) is 6.43. The first kappa shape index (κ1) is 16.8. The Balaban J connectivity index is 1.96. The maximum absolute atomic E-state index is 14.2. The Bertz CT molecular complexity index is 677. The van der Waals surface area contributed by atoms with E-state index in [1.807, 2.05) is 0 Å². The molecule has 0 unspecified atom stereocenters. The van der Waals surface area contributed by atoms with Crippen molar-refractivity contribution >= 4 is 10.0 Å². The van der Waals surface area contributed by atoms with Crippen molar-refractivity contribution in [2.24, 2.45) is 0 Å². The SMILES string of the molecule is CN1OC[C@@H](S(=O)(=O)N2CCCCC2)[C@H]1c1cccc(F)c1F. The number of hydroxylamine groups is 2. The first-order valence-electron chi connectivity index (χ1n) is 7.71. The van der Waals surface area contributed by atoms with Crippen molar-refractivity contribution in [1.29, 1.82) is 0 Å². The quantitative estimate of drug-likeness (QED) is 0.841. The Morgan fingerprint density at radius 1 is 1.17 bits per heavy atom. The maximum atomic E-state index is 14.2. The fourth-order valence-corrected chi connectivity index (χ4v) is 5.33. The van der Waals surface area contributed by atoms with Crippen LogP contribution in [-0.2, 0) is 14.9 Å². The fraction of sp³-hybridized carbons (Fsp3) is 0.600. The molecule has 3 rings (SSSR count). The third-order valence-electron chi connectivity index (χ3n) is 4.54. The second-order valence-electron chi connectivity index (χ2n) is 5.97. The Labute approximate surface area is 134 Å². The van der Waals surface area contributed by atoms with E-state index in [0.717, 1.165) is 25.3 Å². The van der Waals surface area contributed by atoms with Gasteiger partial charge in [0, 0.05) is 25.7 Å². The zero-order chi connectivity index (χ0) is 16.6. The van der Waals surface area contributed by atoms with Crippen LogP contribution in [0.15, 0.2) is 18.2 Å². The van der Waals surface area contributed by atoms with Crippen molar-refractivity contribution in [2.75, 3.05) is 26.7 Å². The number of sulfonamides is 1. The molecule has 2 aliphatic heterocycles. The molecule has 23 heavy (non-hydrogen) atoms. The molecule has 0 amide bonds. The number of hydrogen-bond acceptors (Lipinski definition) is 4. The molecule has 1 aromatic carbocycles. The van der Waals surface area contributed by atoms with Crippen LogP contribution in [0, 0.1) is 11.6 Å². The zero-order valence-corrected chi connectivity index (χ0v) is 13.7. The summed E-state index contributed by atoms with van der Waals surface area (Å²) in [5.74, 6) is -2.01. The Kier molecular flexibility index (Phi) is 4.68. The van der Waals surface area contributed by atoms with Crippen LogP contribution in [0.5, 0.6) is 0 Å². The minimum absolute atomic E-state index is 0.00980. The number of benzene rings is 1. The van der Waals surface area contributed by atoms with Crippen LogP contribution < -0.4 is 0 Å². The molecule has 2 saturated heterocycles. The van der Waals surface area contributed by atoms with Crippen LogP contribution in [0.4, 0.5) is 8.78 Å². The number of hydrogen-bond donors (Lipinski definition) is 0. The zero-order valence-electron chi connectivity index (χ0n) is 12.9. The van der Waals surface area contributed by atoms with E-state index >= 15 is 0 Å². The predicted octanol–water partition coefficient (Wildman–Crippen LogP) is 2.07. The van der Waals surface area contributed by atoms with Gasteiger partial charge in [0.15, 0.2) is 11.6 Å². The summed E-state index contributed by atoms with van der Waals surface area (Å²) in [6, 6.07) is 2.94. The van der Waals surface area contributed by atoms with Crippen LogP contribution in [0.3, 0.4) is 0 Å². The standard InChI is InChI=1S/C15H20F2N2O3S/c1-18-15(11-6-5-7-12(16)14(11)17)13(10-22-18)23(20,21)19-8-3-2-4-9-19/h5-7,13,15H,2-4,8-10H2,1H3/t13-,15-/m1/s1. The van der Waals surface area contributed by atoms with E-state index in [0.29, 0.717) is 13.1 Å². The van der Waals surface area contributed by atoms with E-state index in [9.17, 15) is 17.2 Å². The van der Waals surface area contributed by atoms with Gasteiger partial charge in [-0.3, -0.25) is 4.84 Å². The van der Waals surface area contributed by atoms with E-state index in [1.54, 1.807) is 7.05 Å². The first-order valence-corrected chi connectivity index (χ1v) is 9.22. The molecular weight excluding hydrogens is 326 g/mol. The third-order valence-corrected chi connectivity index (χ3v) is 6.79. The van der Waals surface area contributed by atoms with Gasteiger partial charge in [-0.2, -0.15) is 5.06 Å². The highest BCUT2D eigenvalue weighted by molar-refractivity contribution is 7.89. The molecule has 5 nitrogen and oxygen atoms in total. The van der Waals surface area contributed by atoms with Gasteiger partial charge >= 0.3 is 0 Å². The summed E-state index contributed by atoms with van der Waals surface area (Å²) in [4.78, 5) is 5.34. The van der Waals surface area contributed by atoms with Gasteiger partial charge in [-0.25, -0.2) is 21.5 Å². The Hall–Kier alpha value is -1.09. The Morgan fingerprint density at radius 2 is 1.87 bits per heavy atom. The number of nitrogens with zero attached hydrogens (tertiary/aromatic N) is 2. The highest BCUT2D eigenvalue weighted by Gasteiger charge is 2.47. The largest absolute Gasteiger partial charge is 0.297 e. The summed E-state index contributed by atoms with van der Waals surface area (Å²) < 4.78 is 55.0. The van der Waals surface area contributed by atoms with Crippen LogP contribution >= 0.6 is 0 Å². The van der Waals surface area contributed by atoms with Crippen LogP contribution in [-0.4, -0.2) is 49.8 Å². The molecule has 2 aliphatic rings. The van der Waals surface area contributed by atoms with Gasteiger partial charge < -0.3 is 0 Å². The summed E-state index contributed by atoms with van der Waals surface area (Å²) in [5, 5.41) is 0.367. The molecule has 1 aromatic rings. The van der Waals surface area contributed by atoms with Crippen molar-refractivity contribution in [2.45, 2.75) is 30.6 Å². The summed E-state index contributed by atoms with van der Waals surface area (Å²) in [6.45, 7) is 0.887. The van der Waals surface area contributed by atoms with Crippen molar-refractivity contribution < 1.29 is 22.0 Å². The van der Waals surface area contributed by atoms with E-state index in [4.69, 9.17) is 4.84 Å². The van der Waals surface area contributed by atoms with Crippen molar-refractivity contribution in [3.8, 4) is 0 Å². The second-order valence-corrected chi connectivity index (χ2v) is 8.12. The summed E-state index contributed by atoms with van der Waals surface area (Å²) in [6.07, 6.45) is 2.65. The maximum Gasteiger partial charge on any atom is 0.221 e. The van der Waals surface area contributed by atoms with Gasteiger partial charge in [0.05, 0.1) is 12.6 Å². The van der Waals surface area contributed by atoms with Gasteiger partial charge in [-0.1, -0.05) is 18.6 Å². The molecule has 0 radical (unpaired) electrons. The minimum atomic E-state index is -3.64. The van der Waals surface area contributed by atoms with Gasteiger partial charge in [0.2, 0.25) is 10.0 Å². The lowest BCUT2D eigenvalue weighted by atomic mass is 10.0. The highest BCUT2D eigenvalue weighted by atomic mass is 32.2. The van der Waals surface area contributed by atoms with Crippen LogP contribution in [0.25, 0.3) is 0 Å². The molecule has 0 aromatic heterocycles. The molecule has 0 aliphatic carbocycles.